The van der Waals surface area contributed by atoms with Gasteiger partial charge in [-0.15, -0.1) is 22.7 Å². The van der Waals surface area contributed by atoms with Crippen LogP contribution in [0.5, 0.6) is 0 Å². The summed E-state index contributed by atoms with van der Waals surface area (Å²) in [7, 11) is 0. The number of ketones is 1. The first kappa shape index (κ1) is 51.2. The highest BCUT2D eigenvalue weighted by Crippen LogP contribution is 2.31. The van der Waals surface area contributed by atoms with Crippen LogP contribution in [-0.2, 0) is 4.74 Å². The lowest BCUT2D eigenvalue weighted by atomic mass is 10.1. The first-order valence-electron chi connectivity index (χ1n) is 21.9. The van der Waals surface area contributed by atoms with Crippen molar-refractivity contribution in [3.63, 3.8) is 0 Å². The fraction of sp³-hybridized carbons (Fsp3) is 0.135. The first-order valence-corrected chi connectivity index (χ1v) is 25.6. The molecule has 20 heteroatoms. The topological polar surface area (TPSA) is 202 Å². The summed E-state index contributed by atoms with van der Waals surface area (Å²) in [5.74, 6) is 1.42. The average molecular weight is 1150 g/mol. The first-order chi connectivity index (χ1) is 34.4. The number of aromatic carboxylic acids is 1. The van der Waals surface area contributed by atoms with Gasteiger partial charge in [0.25, 0.3) is 0 Å². The van der Waals surface area contributed by atoms with Crippen LogP contribution in [0.1, 0.15) is 59.2 Å². The van der Waals surface area contributed by atoms with Gasteiger partial charge in [0.2, 0.25) is 5.28 Å². The van der Waals surface area contributed by atoms with Crippen molar-refractivity contribution < 1.29 is 24.2 Å². The second-order valence-corrected chi connectivity index (χ2v) is 21.0. The summed E-state index contributed by atoms with van der Waals surface area (Å²) in [5.41, 5.74) is 6.90. The maximum absolute atomic E-state index is 12.2. The second kappa shape index (κ2) is 22.5. The molecule has 1 aliphatic rings. The van der Waals surface area contributed by atoms with E-state index in [-0.39, 0.29) is 11.1 Å². The number of benzene rings is 4. The van der Waals surface area contributed by atoms with Crippen LogP contribution in [0.15, 0.2) is 141 Å². The Balaban J connectivity index is 0.000000133. The number of hydrogen-bond donors (Lipinski definition) is 4. The van der Waals surface area contributed by atoms with Crippen molar-refractivity contribution in [2.24, 2.45) is 4.99 Å². The fourth-order valence-electron chi connectivity index (χ4n) is 7.01. The van der Waals surface area contributed by atoms with Gasteiger partial charge in [-0.2, -0.15) is 9.78 Å². The van der Waals surface area contributed by atoms with Crippen molar-refractivity contribution >= 4 is 161 Å². The van der Waals surface area contributed by atoms with Gasteiger partial charge in [-0.05, 0) is 140 Å². The maximum Gasteiger partial charge on any atom is 0.435 e. The van der Waals surface area contributed by atoms with E-state index in [0.29, 0.717) is 21.9 Å². The molecular formula is C52H43Br2ClN10O5S2. The molecule has 0 bridgehead atoms. The van der Waals surface area contributed by atoms with Gasteiger partial charge in [0, 0.05) is 60.6 Å². The van der Waals surface area contributed by atoms with E-state index >= 15 is 0 Å². The average Bonchev–Trinajstić information content (AvgIpc) is 4.19. The molecule has 0 saturated carbocycles. The Morgan fingerprint density at radius 2 is 1.60 bits per heavy atom. The monoisotopic (exact) mass is 1140 g/mol. The zero-order valence-electron chi connectivity index (χ0n) is 39.1. The van der Waals surface area contributed by atoms with Gasteiger partial charge < -0.3 is 25.5 Å². The van der Waals surface area contributed by atoms with Gasteiger partial charge in [-0.25, -0.2) is 29.5 Å². The van der Waals surface area contributed by atoms with Crippen LogP contribution in [-0.4, -0.2) is 76.0 Å². The number of carboxylic acids is 1. The van der Waals surface area contributed by atoms with Crippen LogP contribution in [0.25, 0.3) is 47.7 Å². The van der Waals surface area contributed by atoms with E-state index in [4.69, 9.17) is 21.4 Å². The third-order valence-corrected chi connectivity index (χ3v) is 13.4. The normalized spacial score (nSPS) is 11.8. The molecule has 6 aromatic heterocycles. The van der Waals surface area contributed by atoms with Crippen molar-refractivity contribution in [3.05, 3.63) is 163 Å². The molecule has 10 aromatic rings. The largest absolute Gasteiger partial charge is 0.477 e. The molecule has 11 rings (SSSR count). The predicted octanol–water partition coefficient (Wildman–Crippen LogP) is 14.7. The van der Waals surface area contributed by atoms with Gasteiger partial charge in [0.15, 0.2) is 11.6 Å². The second-order valence-electron chi connectivity index (χ2n) is 16.8. The maximum atomic E-state index is 12.2. The molecule has 1 aliphatic heterocycles. The lowest BCUT2D eigenvalue weighted by molar-refractivity contribution is 0.0522. The summed E-state index contributed by atoms with van der Waals surface area (Å²) in [4.78, 5) is 58.4. The summed E-state index contributed by atoms with van der Waals surface area (Å²) in [6.45, 7) is 9.69. The Hall–Kier alpha value is -7.16. The number of carbonyl (C=O) groups excluding carboxylic acids is 2. The molecule has 0 fully saturated rings. The molecule has 4 N–H and O–H groups in total. The third kappa shape index (κ3) is 13.2. The number of H-pyrrole nitrogens is 1. The Labute approximate surface area is 442 Å². The van der Waals surface area contributed by atoms with E-state index in [1.807, 2.05) is 100.0 Å². The molecule has 0 unspecified atom stereocenters. The summed E-state index contributed by atoms with van der Waals surface area (Å²) in [6, 6.07) is 32.7. The number of anilines is 4. The van der Waals surface area contributed by atoms with E-state index in [0.717, 1.165) is 75.1 Å². The van der Waals surface area contributed by atoms with E-state index in [9.17, 15) is 14.4 Å². The van der Waals surface area contributed by atoms with E-state index in [2.05, 4.69) is 108 Å². The molecule has 0 spiro atoms. The molecule has 0 radical (unpaired) electrons. The van der Waals surface area contributed by atoms with E-state index in [1.165, 1.54) is 27.2 Å². The molecule has 15 nitrogen and oxygen atoms in total. The molecule has 72 heavy (non-hydrogen) atoms. The number of nitrogens with zero attached hydrogens (tertiary/aromatic N) is 7. The summed E-state index contributed by atoms with van der Waals surface area (Å²) < 4.78 is 10.6. The van der Waals surface area contributed by atoms with E-state index in [1.54, 1.807) is 48.9 Å². The number of aliphatic imine (C=N–C) groups is 1. The number of fused-ring (bicyclic) bond motifs is 4. The number of carbonyl (C=O) groups is 3. The molecule has 0 aliphatic carbocycles. The molecule has 0 saturated heterocycles. The SMILES string of the molecule is CC(=O)c1cc2ccc(Br)cc2[nH]1.CC(C)(C)OC(=O)n1ncc2cc(Nc3ccnc(Cl)n3)ccc21.Cc1nc(Nc2ccc(C3=CCN=C3)cc2)c2sccc2n1.O=C(O)c1cc2ccc(Br)cc2s1. The molecular weight excluding hydrogens is 1100 g/mol. The van der Waals surface area contributed by atoms with Crippen LogP contribution >= 0.6 is 66.1 Å². The highest BCUT2D eigenvalue weighted by molar-refractivity contribution is 9.10. The van der Waals surface area contributed by atoms with Crippen molar-refractivity contribution in [1.29, 1.82) is 0 Å². The third-order valence-electron chi connectivity index (χ3n) is 10.2. The van der Waals surface area contributed by atoms with Crippen molar-refractivity contribution in [2.45, 2.75) is 40.2 Å². The summed E-state index contributed by atoms with van der Waals surface area (Å²) in [5, 5.41) is 24.4. The molecule has 0 amide bonds. The van der Waals surface area contributed by atoms with Gasteiger partial charge >= 0.3 is 12.1 Å². The standard InChI is InChI=1S/C17H14N4S.C16H16ClN5O2.C10H8BrNO.C9H5BrO2S/c1-11-19-15-7-9-22-16(15)17(20-11)21-14-4-2-12(3-5-14)13-6-8-18-10-13;1-16(2,3)24-15(23)22-12-5-4-11(8-10(12)9-19-22)20-13-6-7-18-14(17)21-13;1-6(13)9-4-7-2-3-8(11)5-10(7)12-9;10-6-2-1-5-3-8(9(11)12)13-7(5)4-6/h2-7,9-10H,8H2,1H3,(H,19,20,21);4-9H,1-3H3,(H,18,20,21);2-5,12H,1H3;1-4H,(H,11,12). The minimum absolute atomic E-state index is 0.0623. The number of aromatic amines is 1. The number of aryl methyl sites for hydroxylation is 1. The van der Waals surface area contributed by atoms with E-state index < -0.39 is 17.7 Å². The zero-order chi connectivity index (χ0) is 51.1. The molecule has 364 valence electrons. The van der Waals surface area contributed by atoms with Crippen LogP contribution in [0.3, 0.4) is 0 Å². The van der Waals surface area contributed by atoms with Crippen molar-refractivity contribution in [2.75, 3.05) is 17.2 Å². The smallest absolute Gasteiger partial charge is 0.435 e. The van der Waals surface area contributed by atoms with Crippen molar-refractivity contribution in [1.82, 2.24) is 34.7 Å². The predicted molar refractivity (Wildman–Crippen MR) is 297 cm³/mol. The summed E-state index contributed by atoms with van der Waals surface area (Å²) in [6.07, 6.45) is 6.71. The van der Waals surface area contributed by atoms with Crippen LogP contribution < -0.4 is 10.6 Å². The van der Waals surface area contributed by atoms with Crippen molar-refractivity contribution in [3.8, 4) is 0 Å². The highest BCUT2D eigenvalue weighted by Gasteiger charge is 2.20. The van der Waals surface area contributed by atoms with Crippen LogP contribution in [0.2, 0.25) is 5.28 Å². The number of rotatable bonds is 7. The van der Waals surface area contributed by atoms with Gasteiger partial charge in [0.1, 0.15) is 22.1 Å². The minimum Gasteiger partial charge on any atom is -0.477 e. The zero-order valence-corrected chi connectivity index (χ0v) is 44.6. The number of halogens is 3. The summed E-state index contributed by atoms with van der Waals surface area (Å²) >= 11 is 15.4. The number of hydrogen-bond acceptors (Lipinski definition) is 14. The number of Topliss-reactive ketones (excluding diaryl/α,β-unsaturated/α-hetero) is 1. The van der Waals surface area contributed by atoms with Crippen LogP contribution in [0.4, 0.5) is 27.8 Å². The van der Waals surface area contributed by atoms with Gasteiger partial charge in [-0.3, -0.25) is 9.79 Å². The number of nitrogens with one attached hydrogen (secondary N) is 3. The highest BCUT2D eigenvalue weighted by atomic mass is 79.9. The Morgan fingerprint density at radius 1 is 0.847 bits per heavy atom. The van der Waals surface area contributed by atoms with Gasteiger partial charge in [0.05, 0.1) is 34.2 Å². The lowest BCUT2D eigenvalue weighted by Crippen LogP contribution is -2.27. The Kier molecular flexibility index (Phi) is 16.0. The number of ether oxygens (including phenoxy) is 1. The Bertz CT molecular complexity index is 3600. The number of aromatic nitrogens is 7. The number of allylic oxidation sites excluding steroid dienone is 1. The van der Waals surface area contributed by atoms with Crippen LogP contribution in [0, 0.1) is 6.92 Å². The fourth-order valence-corrected chi connectivity index (χ4v) is 9.75. The molecule has 0 atom stereocenters. The van der Waals surface area contributed by atoms with Gasteiger partial charge in [-0.1, -0.05) is 62.2 Å². The number of carboxylic acid groups (broad SMARTS) is 1. The Morgan fingerprint density at radius 3 is 2.31 bits per heavy atom. The minimum atomic E-state index is -0.864. The quantitative estimate of drug-likeness (QED) is 0.0870. The molecule has 7 heterocycles. The molecule has 4 aromatic carbocycles. The number of thiophene rings is 2. The lowest BCUT2D eigenvalue weighted by Gasteiger charge is -2.19.